The summed E-state index contributed by atoms with van der Waals surface area (Å²) in [6.07, 6.45) is 1.74. The van der Waals surface area contributed by atoms with Gasteiger partial charge in [0.15, 0.2) is 5.82 Å². The van der Waals surface area contributed by atoms with Crippen molar-refractivity contribution < 1.29 is 4.39 Å². The summed E-state index contributed by atoms with van der Waals surface area (Å²) in [5.74, 6) is 0.418. The number of aromatic amines is 1. The van der Waals surface area contributed by atoms with Crippen LogP contribution in [0.25, 0.3) is 10.9 Å². The summed E-state index contributed by atoms with van der Waals surface area (Å²) in [7, 11) is 0. The average Bonchev–Trinajstić information content (AvgIpc) is 3.40. The summed E-state index contributed by atoms with van der Waals surface area (Å²) < 4.78 is 16.3. The Balaban J connectivity index is 1.58. The highest BCUT2D eigenvalue weighted by molar-refractivity contribution is 5.80. The Morgan fingerprint density at radius 2 is 1.81 bits per heavy atom. The molecule has 2 aromatic carbocycles. The van der Waals surface area contributed by atoms with Gasteiger partial charge >= 0.3 is 0 Å². The van der Waals surface area contributed by atoms with Crippen LogP contribution in [0.15, 0.2) is 53.3 Å². The van der Waals surface area contributed by atoms with E-state index in [0.29, 0.717) is 43.3 Å². The number of piperazine rings is 1. The number of benzene rings is 2. The van der Waals surface area contributed by atoms with E-state index in [9.17, 15) is 9.18 Å². The number of fused-ring (bicyclic) bond motifs is 1. The van der Waals surface area contributed by atoms with Crippen LogP contribution in [0.3, 0.4) is 0 Å². The third kappa shape index (κ3) is 4.75. The summed E-state index contributed by atoms with van der Waals surface area (Å²) in [6, 6.07) is 14.5. The SMILES string of the molecule is CCc1ccc2[nH]c(=O)c(C(c3nnnn3C(C)(C)CC)N3CCN(c4ccccc4F)CC3)cc2c1. The van der Waals surface area contributed by atoms with Gasteiger partial charge in [-0.05, 0) is 78.4 Å². The van der Waals surface area contributed by atoms with E-state index in [0.717, 1.165) is 23.7 Å². The quantitative estimate of drug-likeness (QED) is 0.406. The summed E-state index contributed by atoms with van der Waals surface area (Å²) in [4.78, 5) is 20.9. The molecule has 0 spiro atoms. The second-order valence-electron chi connectivity index (χ2n) is 10.3. The second kappa shape index (κ2) is 10.0. The van der Waals surface area contributed by atoms with E-state index in [2.05, 4.69) is 64.1 Å². The number of para-hydroxylation sites is 1. The van der Waals surface area contributed by atoms with Crippen molar-refractivity contribution in [3.63, 3.8) is 0 Å². The highest BCUT2D eigenvalue weighted by Gasteiger charge is 2.36. The van der Waals surface area contributed by atoms with Gasteiger partial charge in [0.25, 0.3) is 5.56 Å². The molecule has 0 radical (unpaired) electrons. The van der Waals surface area contributed by atoms with E-state index >= 15 is 0 Å². The van der Waals surface area contributed by atoms with Gasteiger partial charge in [0.1, 0.15) is 11.9 Å². The van der Waals surface area contributed by atoms with E-state index in [-0.39, 0.29) is 16.9 Å². The Hall–Kier alpha value is -3.59. The van der Waals surface area contributed by atoms with Crippen LogP contribution in [-0.2, 0) is 12.0 Å². The zero-order valence-electron chi connectivity index (χ0n) is 21.9. The number of aryl methyl sites for hydroxylation is 1. The highest BCUT2D eigenvalue weighted by atomic mass is 19.1. The minimum Gasteiger partial charge on any atom is -0.367 e. The number of halogens is 1. The minimum atomic E-state index is -0.443. The van der Waals surface area contributed by atoms with Crippen molar-refractivity contribution >= 4 is 16.6 Å². The Kier molecular flexibility index (Phi) is 6.81. The van der Waals surface area contributed by atoms with Crippen molar-refractivity contribution in [1.29, 1.82) is 0 Å². The lowest BCUT2D eigenvalue weighted by Gasteiger charge is -2.40. The van der Waals surface area contributed by atoms with Gasteiger partial charge in [0, 0.05) is 37.3 Å². The van der Waals surface area contributed by atoms with E-state index in [1.165, 1.54) is 11.6 Å². The molecule has 1 unspecified atom stereocenters. The van der Waals surface area contributed by atoms with Crippen LogP contribution in [0.5, 0.6) is 0 Å². The summed E-state index contributed by atoms with van der Waals surface area (Å²) >= 11 is 0. The van der Waals surface area contributed by atoms with Crippen LogP contribution in [0.4, 0.5) is 10.1 Å². The lowest BCUT2D eigenvalue weighted by atomic mass is 9.98. The summed E-state index contributed by atoms with van der Waals surface area (Å²) in [5.41, 5.74) is 2.75. The number of anilines is 1. The highest BCUT2D eigenvalue weighted by Crippen LogP contribution is 2.32. The van der Waals surface area contributed by atoms with E-state index in [4.69, 9.17) is 0 Å². The first-order valence-electron chi connectivity index (χ1n) is 13.0. The third-order valence-electron chi connectivity index (χ3n) is 7.69. The molecule has 1 N–H and O–H groups in total. The van der Waals surface area contributed by atoms with Crippen LogP contribution in [-0.4, -0.2) is 56.3 Å². The zero-order chi connectivity index (χ0) is 26.2. The number of tetrazole rings is 1. The summed E-state index contributed by atoms with van der Waals surface area (Å²) in [6.45, 7) is 10.9. The third-order valence-corrected chi connectivity index (χ3v) is 7.69. The van der Waals surface area contributed by atoms with Gasteiger partial charge in [-0.25, -0.2) is 9.07 Å². The number of nitrogens with zero attached hydrogens (tertiary/aromatic N) is 6. The minimum absolute atomic E-state index is 0.151. The molecule has 2 aromatic heterocycles. The molecule has 1 aliphatic rings. The molecule has 1 aliphatic heterocycles. The van der Waals surface area contributed by atoms with E-state index in [1.807, 2.05) is 35.0 Å². The molecule has 1 saturated heterocycles. The molecule has 37 heavy (non-hydrogen) atoms. The molecule has 9 heteroatoms. The lowest BCUT2D eigenvalue weighted by Crippen LogP contribution is -2.49. The lowest BCUT2D eigenvalue weighted by molar-refractivity contribution is 0.186. The molecule has 194 valence electrons. The topological polar surface area (TPSA) is 82.9 Å². The maximum atomic E-state index is 14.5. The first kappa shape index (κ1) is 25.1. The average molecular weight is 504 g/mol. The predicted molar refractivity (Wildman–Crippen MR) is 143 cm³/mol. The fourth-order valence-corrected chi connectivity index (χ4v) is 5.07. The molecule has 5 rings (SSSR count). The molecule has 0 saturated carbocycles. The number of H-pyrrole nitrogens is 1. The smallest absolute Gasteiger partial charge is 0.253 e. The molecule has 1 fully saturated rings. The number of pyridine rings is 1. The van der Waals surface area contributed by atoms with Crippen molar-refractivity contribution in [3.05, 3.63) is 81.7 Å². The molecular formula is C28H34FN7O. The van der Waals surface area contributed by atoms with E-state index in [1.54, 1.807) is 6.07 Å². The molecule has 8 nitrogen and oxygen atoms in total. The van der Waals surface area contributed by atoms with Crippen molar-refractivity contribution in [3.8, 4) is 0 Å². The Labute approximate surface area is 216 Å². The predicted octanol–water partition coefficient (Wildman–Crippen LogP) is 4.27. The van der Waals surface area contributed by atoms with Crippen LogP contribution >= 0.6 is 0 Å². The second-order valence-corrected chi connectivity index (χ2v) is 10.3. The van der Waals surface area contributed by atoms with Gasteiger partial charge in [0.2, 0.25) is 0 Å². The maximum Gasteiger partial charge on any atom is 0.253 e. The van der Waals surface area contributed by atoms with Gasteiger partial charge in [0.05, 0.1) is 11.2 Å². The molecule has 3 heterocycles. The number of nitrogens with one attached hydrogen (secondary N) is 1. The number of hydrogen-bond donors (Lipinski definition) is 1. The van der Waals surface area contributed by atoms with E-state index < -0.39 is 6.04 Å². The molecule has 0 bridgehead atoms. The molecule has 1 atom stereocenters. The van der Waals surface area contributed by atoms with Crippen molar-refractivity contribution in [2.75, 3.05) is 31.1 Å². The zero-order valence-corrected chi connectivity index (χ0v) is 21.9. The van der Waals surface area contributed by atoms with Crippen LogP contribution < -0.4 is 10.5 Å². The van der Waals surface area contributed by atoms with Crippen molar-refractivity contribution in [2.45, 2.75) is 52.1 Å². The van der Waals surface area contributed by atoms with Gasteiger partial charge in [-0.15, -0.1) is 5.10 Å². The summed E-state index contributed by atoms with van der Waals surface area (Å²) in [5, 5.41) is 13.8. The number of rotatable bonds is 7. The van der Waals surface area contributed by atoms with Gasteiger partial charge < -0.3 is 9.88 Å². The molecule has 0 aliphatic carbocycles. The molecule has 0 amide bonds. The van der Waals surface area contributed by atoms with Gasteiger partial charge in [-0.1, -0.05) is 32.0 Å². The molecule has 4 aromatic rings. The largest absolute Gasteiger partial charge is 0.367 e. The number of aromatic nitrogens is 5. The van der Waals surface area contributed by atoms with Crippen LogP contribution in [0.1, 0.15) is 57.1 Å². The van der Waals surface area contributed by atoms with Crippen molar-refractivity contribution in [2.24, 2.45) is 0 Å². The van der Waals surface area contributed by atoms with Gasteiger partial charge in [-0.2, -0.15) is 0 Å². The maximum absolute atomic E-state index is 14.5. The van der Waals surface area contributed by atoms with Crippen LogP contribution in [0.2, 0.25) is 0 Å². The first-order chi connectivity index (χ1) is 17.8. The fraction of sp³-hybridized carbons (Fsp3) is 0.429. The molecular weight excluding hydrogens is 469 g/mol. The van der Waals surface area contributed by atoms with Crippen LogP contribution in [0, 0.1) is 5.82 Å². The Morgan fingerprint density at radius 3 is 2.51 bits per heavy atom. The Bertz CT molecular complexity index is 1450. The fourth-order valence-electron chi connectivity index (χ4n) is 5.07. The first-order valence-corrected chi connectivity index (χ1v) is 13.0. The van der Waals surface area contributed by atoms with Crippen molar-refractivity contribution in [1.82, 2.24) is 30.1 Å². The normalized spacial score (nSPS) is 15.9. The standard InChI is InChI=1S/C28H34FN7O/c1-5-19-11-12-23-20(17-19)18-21(27(37)30-23)25(26-31-32-33-36(26)28(3,4)6-2)35-15-13-34(14-16-35)24-10-8-7-9-22(24)29/h7-12,17-18,25H,5-6,13-16H2,1-4H3,(H,30,37). The van der Waals surface area contributed by atoms with Gasteiger partial charge in [-0.3, -0.25) is 9.69 Å². The Morgan fingerprint density at radius 1 is 1.05 bits per heavy atom. The monoisotopic (exact) mass is 503 g/mol. The number of hydrogen-bond acceptors (Lipinski definition) is 6.